The van der Waals surface area contributed by atoms with Crippen molar-refractivity contribution >= 4 is 102 Å². The standard InChI is InChI=1S/C74H94B2N14O13/c1-39(2)21-57-75-100-55-31-53-70(5,6)67(72(55,9)102-75)74(53)54-32-56-73(10,68(74)71(54,7)8)103-76(101-56)58(22-40(3)4)86-62(94)34-78-60(92)26-42-18-16-20-44(24-42)80-64(96)50-28-46(36-88(50)12)82-66(98)52-30-48(38-90(52)14)84-69(99)83-47-29-51(89(13)37-47)65(97)81-45-27-49(87(11)35-45)63(95)79-43-19-15-17-41(23-43)25-59(91)77-33-61(93)85-57/h15-20,23-24,27-30,35-40,53-58,67-68H,21-22,25-26,31-34H2,1-14H3,(H,77,91)(H,78,92)(H,79,95)(H,80,96)(H,81,97)(H,82,98)(H,85,93)(H,86,94)(H2,83,84,99)/t53-,54-,55+,56+,57-,58-,67+,68+,72+,73+,74?/m0/s1. The van der Waals surface area contributed by atoms with Gasteiger partial charge in [-0.1, -0.05) is 79.7 Å². The van der Waals surface area contributed by atoms with Gasteiger partial charge < -0.3 is 90.1 Å². The Morgan fingerprint density at radius 1 is 0.447 bits per heavy atom. The maximum atomic E-state index is 14.0. The van der Waals surface area contributed by atoms with Crippen LogP contribution in [0.2, 0.25) is 0 Å². The third kappa shape index (κ3) is 13.3. The zero-order valence-electron chi connectivity index (χ0n) is 60.9. The molecule has 1 spiro atoms. The third-order valence-corrected chi connectivity index (χ3v) is 22.9. The van der Waals surface area contributed by atoms with E-state index >= 15 is 0 Å². The Bertz CT molecular complexity index is 4150. The molecule has 7 fully saturated rings. The Morgan fingerprint density at radius 3 is 1.12 bits per heavy atom. The Kier molecular flexibility index (Phi) is 18.8. The van der Waals surface area contributed by atoms with Crippen molar-refractivity contribution in [3.63, 3.8) is 0 Å². The van der Waals surface area contributed by atoms with Gasteiger partial charge in [0.2, 0.25) is 23.6 Å². The number of urea groups is 1. The van der Waals surface area contributed by atoms with Gasteiger partial charge in [-0.25, -0.2) is 4.79 Å². The van der Waals surface area contributed by atoms with Gasteiger partial charge in [-0.15, -0.1) is 0 Å². The molecule has 0 unspecified atom stereocenters. The van der Waals surface area contributed by atoms with Crippen molar-refractivity contribution in [3.8, 4) is 0 Å². The second-order valence-corrected chi connectivity index (χ2v) is 31.9. The number of aryl methyl sites for hydroxylation is 4. The summed E-state index contributed by atoms with van der Waals surface area (Å²) in [5.41, 5.74) is 2.07. The number of amides is 10. The van der Waals surface area contributed by atoms with E-state index in [0.29, 0.717) is 46.7 Å². The number of benzene rings is 2. The number of nitrogens with zero attached hydrogens (tertiary/aromatic N) is 4. The molecule has 29 heteroatoms. The molecule has 2 saturated heterocycles. The van der Waals surface area contributed by atoms with Crippen molar-refractivity contribution in [1.82, 2.24) is 39.5 Å². The molecule has 2 aromatic carbocycles. The number of carbonyl (C=O) groups is 9. The van der Waals surface area contributed by atoms with Crippen LogP contribution in [0.5, 0.6) is 0 Å². The minimum Gasteiger partial charge on any atom is -0.404 e. The average Bonchev–Trinajstić information content (AvgIpc) is 1.57. The van der Waals surface area contributed by atoms with Gasteiger partial charge in [0.25, 0.3) is 23.6 Å². The fourth-order valence-corrected chi connectivity index (χ4v) is 19.5. The summed E-state index contributed by atoms with van der Waals surface area (Å²) < 4.78 is 34.9. The molecule has 5 aliphatic carbocycles. The number of aromatic nitrogens is 4. The lowest BCUT2D eigenvalue weighted by molar-refractivity contribution is -0.447. The summed E-state index contributed by atoms with van der Waals surface area (Å²) in [7, 11) is 5.06. The first kappa shape index (κ1) is 71.9. The second kappa shape index (κ2) is 27.0. The number of anilines is 6. The summed E-state index contributed by atoms with van der Waals surface area (Å²) in [6.07, 6.45) is 8.24. The maximum absolute atomic E-state index is 14.0. The van der Waals surface area contributed by atoms with Crippen LogP contribution < -0.4 is 53.2 Å². The van der Waals surface area contributed by atoms with Crippen LogP contribution in [0.25, 0.3) is 0 Å². The van der Waals surface area contributed by atoms with E-state index in [-0.39, 0.29) is 124 Å². The molecule has 3 aliphatic heterocycles. The highest BCUT2D eigenvalue weighted by Crippen LogP contribution is 2.90. The number of hydrogen-bond donors (Lipinski definition) is 10. The molecule has 103 heavy (non-hydrogen) atoms. The normalized spacial score (nSPS) is 29.0. The summed E-state index contributed by atoms with van der Waals surface area (Å²) in [5.74, 6) is -3.77. The quantitative estimate of drug-likeness (QED) is 0.0753. The van der Waals surface area contributed by atoms with E-state index in [0.717, 1.165) is 12.8 Å². The monoisotopic (exact) mass is 1410 g/mol. The van der Waals surface area contributed by atoms with Gasteiger partial charge in [0.15, 0.2) is 0 Å². The predicted octanol–water partition coefficient (Wildman–Crippen LogP) is 7.83. The van der Waals surface area contributed by atoms with Gasteiger partial charge >= 0.3 is 20.3 Å². The summed E-state index contributed by atoms with van der Waals surface area (Å²) in [5, 5.41) is 28.8. The van der Waals surface area contributed by atoms with E-state index in [1.54, 1.807) is 111 Å². The van der Waals surface area contributed by atoms with Crippen LogP contribution in [0.4, 0.5) is 38.9 Å². The van der Waals surface area contributed by atoms with Crippen molar-refractivity contribution in [1.29, 1.82) is 0 Å². The molecule has 6 aromatic rings. The third-order valence-electron chi connectivity index (χ3n) is 22.9. The van der Waals surface area contributed by atoms with Gasteiger partial charge in [0.05, 0.1) is 84.0 Å². The van der Waals surface area contributed by atoms with E-state index in [9.17, 15) is 43.2 Å². The molecule has 544 valence electrons. The molecule has 8 aliphatic rings. The fraction of sp³-hybridized carbons (Fsp3) is 0.500. The molecule has 10 atom stereocenters. The molecule has 21 bridgehead atoms. The van der Waals surface area contributed by atoms with Crippen molar-refractivity contribution in [2.45, 2.75) is 143 Å². The highest BCUT2D eigenvalue weighted by molar-refractivity contribution is 6.48. The van der Waals surface area contributed by atoms with Crippen molar-refractivity contribution in [3.05, 3.63) is 131 Å². The lowest BCUT2D eigenvalue weighted by Crippen LogP contribution is -2.90. The van der Waals surface area contributed by atoms with Gasteiger partial charge in [-0.3, -0.25) is 38.4 Å². The topological polar surface area (TPSA) is 331 Å². The molecule has 0 radical (unpaired) electrons. The Labute approximate surface area is 599 Å². The lowest BCUT2D eigenvalue weighted by atomic mass is 9.15. The first-order chi connectivity index (χ1) is 48.6. The number of rotatable bonds is 4. The van der Waals surface area contributed by atoms with E-state index < -0.39 is 90.6 Å². The molecular weight excluding hydrogens is 1310 g/mol. The highest BCUT2D eigenvalue weighted by atomic mass is 16.7. The largest absolute Gasteiger partial charge is 0.481 e. The maximum Gasteiger partial charge on any atom is 0.481 e. The zero-order chi connectivity index (χ0) is 73.7. The van der Waals surface area contributed by atoms with Crippen LogP contribution in [0, 0.1) is 51.8 Å². The van der Waals surface area contributed by atoms with Crippen LogP contribution in [-0.4, -0.2) is 134 Å². The number of fused-ring (bicyclic) bond motifs is 14. The van der Waals surface area contributed by atoms with Crippen LogP contribution >= 0.6 is 0 Å². The van der Waals surface area contributed by atoms with Crippen molar-refractivity contribution < 1.29 is 61.8 Å². The number of hydrogen-bond acceptors (Lipinski definition) is 13. The molecule has 27 nitrogen and oxygen atoms in total. The smallest absolute Gasteiger partial charge is 0.404 e. The van der Waals surface area contributed by atoms with Crippen LogP contribution in [0.15, 0.2) is 97.6 Å². The van der Waals surface area contributed by atoms with E-state index in [4.69, 9.17) is 18.6 Å². The van der Waals surface area contributed by atoms with Crippen LogP contribution in [0.3, 0.4) is 0 Å². The first-order valence-electron chi connectivity index (χ1n) is 35.6. The highest BCUT2D eigenvalue weighted by Gasteiger charge is 2.92. The summed E-state index contributed by atoms with van der Waals surface area (Å²) in [6, 6.07) is 19.0. The predicted molar refractivity (Wildman–Crippen MR) is 389 cm³/mol. The second-order valence-electron chi connectivity index (χ2n) is 31.9. The molecular formula is C74H94B2N14O13. The van der Waals surface area contributed by atoms with E-state index in [2.05, 4.69) is 122 Å². The van der Waals surface area contributed by atoms with Crippen LogP contribution in [0.1, 0.15) is 148 Å². The summed E-state index contributed by atoms with van der Waals surface area (Å²) in [6.45, 7) is 21.6. The number of carbonyl (C=O) groups excluding carboxylic acids is 9. The molecule has 7 heterocycles. The number of nitrogens with one attached hydrogen (secondary N) is 10. The van der Waals surface area contributed by atoms with Gasteiger partial charge in [-0.05, 0) is 139 Å². The van der Waals surface area contributed by atoms with E-state index in [1.165, 1.54) is 33.4 Å². The van der Waals surface area contributed by atoms with Crippen molar-refractivity contribution in [2.24, 2.45) is 79.9 Å². The summed E-state index contributed by atoms with van der Waals surface area (Å²) in [4.78, 5) is 123. The Hall–Kier alpha value is -9.44. The van der Waals surface area contributed by atoms with Gasteiger partial charge in [0.1, 0.15) is 22.8 Å². The SMILES string of the molecule is CC(C)C[C@@H]1NC(=O)CNC(=O)Cc2cccc(c2)NC(=O)c2cc(cn2C)NC(=O)c2cc(cn2C)NC(=O)Nc2cc(n(C)c2)C(=O)Nc2cc(n(C)c2)C(=O)Nc2cccc(c2)CC(=O)NCC(=O)N[C@@H](CC(C)C)B2O[C@@H]3C[C@H]4C(C)(C)[C@@H](C45[C@H]4C[C@H]6OB1O[C@@]6(C)[C@H]5C4(C)C)[C@]3(C)O2. The van der Waals surface area contributed by atoms with Gasteiger partial charge in [0, 0.05) is 76.2 Å². The van der Waals surface area contributed by atoms with Crippen LogP contribution in [-0.2, 0) is 78.8 Å². The molecule has 10 amide bonds. The first-order valence-corrected chi connectivity index (χ1v) is 35.6. The molecule has 5 saturated carbocycles. The van der Waals surface area contributed by atoms with Gasteiger partial charge in [-0.2, -0.15) is 0 Å². The van der Waals surface area contributed by atoms with E-state index in [1.807, 2.05) is 0 Å². The Morgan fingerprint density at radius 2 is 0.777 bits per heavy atom. The minimum absolute atomic E-state index is 0.0472. The average molecular weight is 1410 g/mol. The fourth-order valence-electron chi connectivity index (χ4n) is 19.5. The Balaban J connectivity index is 0.723. The summed E-state index contributed by atoms with van der Waals surface area (Å²) >= 11 is 0. The molecule has 4 aromatic heterocycles. The zero-order valence-corrected chi connectivity index (χ0v) is 60.9. The lowest BCUT2D eigenvalue weighted by Gasteiger charge is -2.90. The minimum atomic E-state index is -0.760. The molecule has 10 N–H and O–H groups in total. The molecule has 14 rings (SSSR count). The van der Waals surface area contributed by atoms with Crippen molar-refractivity contribution in [2.75, 3.05) is 45.0 Å².